The minimum Gasteiger partial charge on any atom is -0.491 e. The molecule has 0 bridgehead atoms. The van der Waals surface area contributed by atoms with E-state index in [0.29, 0.717) is 11.5 Å². The number of aryl methyl sites for hydroxylation is 2. The molecule has 0 unspecified atom stereocenters. The van der Waals surface area contributed by atoms with Gasteiger partial charge in [0.2, 0.25) is 0 Å². The van der Waals surface area contributed by atoms with Gasteiger partial charge in [0.1, 0.15) is 17.3 Å². The fourth-order valence-corrected chi connectivity index (χ4v) is 2.69. The van der Waals surface area contributed by atoms with Crippen LogP contribution in [0.5, 0.6) is 5.75 Å². The lowest BCUT2D eigenvalue weighted by Crippen LogP contribution is -2.14. The lowest BCUT2D eigenvalue weighted by atomic mass is 10.1. The molecule has 3 rings (SSSR count). The van der Waals surface area contributed by atoms with E-state index >= 15 is 0 Å². The maximum Gasteiger partial charge on any atom is 0.275 e. The highest BCUT2D eigenvalue weighted by atomic mass is 16.5. The molecule has 0 fully saturated rings. The molecule has 2 N–H and O–H groups in total. The third kappa shape index (κ3) is 5.07. The molecule has 0 aliphatic rings. The third-order valence-electron chi connectivity index (χ3n) is 4.01. The van der Waals surface area contributed by atoms with Crippen molar-refractivity contribution in [1.82, 2.24) is 9.97 Å². The molecule has 1 amide bonds. The van der Waals surface area contributed by atoms with E-state index in [2.05, 4.69) is 33.6 Å². The molecule has 0 saturated carbocycles. The number of benzene rings is 2. The number of ether oxygens (including phenoxy) is 1. The van der Waals surface area contributed by atoms with Crippen LogP contribution in [0.1, 0.15) is 35.5 Å². The number of amides is 1. The molecule has 0 spiro atoms. The van der Waals surface area contributed by atoms with Gasteiger partial charge in [-0.05, 0) is 63.6 Å². The largest absolute Gasteiger partial charge is 0.491 e. The van der Waals surface area contributed by atoms with E-state index in [4.69, 9.17) is 4.74 Å². The van der Waals surface area contributed by atoms with Gasteiger partial charge in [-0.2, -0.15) is 0 Å². The molecule has 3 aromatic rings. The summed E-state index contributed by atoms with van der Waals surface area (Å²) >= 11 is 0. The SMILES string of the molecule is Cc1ccc(Nc2cnc(C(=O)Nc3ccc(OC(C)C)cc3)cn2)c(C)c1. The standard InChI is InChI=1S/C22H24N4O2/c1-14(2)28-18-8-6-17(7-9-18)25-22(27)20-12-24-21(13-23-20)26-19-10-5-15(3)11-16(19)4/h5-14H,1-4H3,(H,24,26)(H,25,27). The zero-order chi connectivity index (χ0) is 20.1. The second-order valence-corrected chi connectivity index (χ2v) is 6.88. The zero-order valence-electron chi connectivity index (χ0n) is 16.5. The molecular weight excluding hydrogens is 352 g/mol. The van der Waals surface area contributed by atoms with Crippen molar-refractivity contribution in [2.24, 2.45) is 0 Å². The van der Waals surface area contributed by atoms with E-state index in [1.165, 1.54) is 11.8 Å². The summed E-state index contributed by atoms with van der Waals surface area (Å²) < 4.78 is 5.59. The summed E-state index contributed by atoms with van der Waals surface area (Å²) in [5.74, 6) is 1.02. The van der Waals surface area contributed by atoms with Crippen LogP contribution in [0, 0.1) is 13.8 Å². The molecule has 0 atom stereocenters. The Balaban J connectivity index is 1.63. The molecule has 0 saturated heterocycles. The topological polar surface area (TPSA) is 76.1 Å². The average Bonchev–Trinajstić information content (AvgIpc) is 2.66. The van der Waals surface area contributed by atoms with Crippen LogP contribution in [0.2, 0.25) is 0 Å². The van der Waals surface area contributed by atoms with Crippen LogP contribution in [-0.2, 0) is 0 Å². The molecule has 6 heteroatoms. The Bertz CT molecular complexity index is 951. The number of rotatable bonds is 6. The molecule has 2 aromatic carbocycles. The smallest absolute Gasteiger partial charge is 0.275 e. The van der Waals surface area contributed by atoms with Crippen molar-refractivity contribution in [3.63, 3.8) is 0 Å². The third-order valence-corrected chi connectivity index (χ3v) is 4.01. The van der Waals surface area contributed by atoms with Gasteiger partial charge in [0, 0.05) is 11.4 Å². The Morgan fingerprint density at radius 3 is 2.36 bits per heavy atom. The first-order valence-corrected chi connectivity index (χ1v) is 9.15. The summed E-state index contributed by atoms with van der Waals surface area (Å²) in [5, 5.41) is 6.02. The highest BCUT2D eigenvalue weighted by Crippen LogP contribution is 2.20. The van der Waals surface area contributed by atoms with E-state index in [9.17, 15) is 4.79 Å². The normalized spacial score (nSPS) is 10.6. The summed E-state index contributed by atoms with van der Waals surface area (Å²) in [6, 6.07) is 13.3. The van der Waals surface area contributed by atoms with E-state index in [1.807, 2.05) is 45.0 Å². The molecule has 0 radical (unpaired) electrons. The number of anilines is 3. The summed E-state index contributed by atoms with van der Waals surface area (Å²) in [7, 11) is 0. The van der Waals surface area contributed by atoms with Gasteiger partial charge in [-0.25, -0.2) is 9.97 Å². The van der Waals surface area contributed by atoms with Gasteiger partial charge in [-0.3, -0.25) is 4.79 Å². The van der Waals surface area contributed by atoms with Crippen LogP contribution >= 0.6 is 0 Å². The van der Waals surface area contributed by atoms with E-state index < -0.39 is 0 Å². The Morgan fingerprint density at radius 2 is 1.75 bits per heavy atom. The van der Waals surface area contributed by atoms with Crippen LogP contribution in [0.4, 0.5) is 17.2 Å². The van der Waals surface area contributed by atoms with Crippen molar-refractivity contribution >= 4 is 23.1 Å². The quantitative estimate of drug-likeness (QED) is 0.641. The summed E-state index contributed by atoms with van der Waals surface area (Å²) in [6.45, 7) is 8.01. The predicted molar refractivity (Wildman–Crippen MR) is 111 cm³/mol. The number of nitrogens with one attached hydrogen (secondary N) is 2. The van der Waals surface area contributed by atoms with Crippen LogP contribution in [-0.4, -0.2) is 22.0 Å². The molecule has 0 aliphatic heterocycles. The molecular formula is C22H24N4O2. The molecule has 1 aromatic heterocycles. The van der Waals surface area contributed by atoms with Gasteiger partial charge < -0.3 is 15.4 Å². The first-order valence-electron chi connectivity index (χ1n) is 9.15. The first-order chi connectivity index (χ1) is 13.4. The lowest BCUT2D eigenvalue weighted by molar-refractivity contribution is 0.102. The summed E-state index contributed by atoms with van der Waals surface area (Å²) in [6.07, 6.45) is 3.11. The maximum atomic E-state index is 12.4. The summed E-state index contributed by atoms with van der Waals surface area (Å²) in [4.78, 5) is 20.9. The van der Waals surface area contributed by atoms with Gasteiger partial charge in [-0.15, -0.1) is 0 Å². The van der Waals surface area contributed by atoms with Crippen molar-refractivity contribution in [1.29, 1.82) is 0 Å². The van der Waals surface area contributed by atoms with Crippen molar-refractivity contribution in [2.45, 2.75) is 33.8 Å². The lowest BCUT2D eigenvalue weighted by Gasteiger charge is -2.11. The average molecular weight is 376 g/mol. The Kier molecular flexibility index (Phi) is 5.89. The summed E-state index contributed by atoms with van der Waals surface area (Å²) in [5.41, 5.74) is 4.19. The monoisotopic (exact) mass is 376 g/mol. The number of nitrogens with zero attached hydrogens (tertiary/aromatic N) is 2. The molecule has 6 nitrogen and oxygen atoms in total. The number of aromatic nitrogens is 2. The Hall–Kier alpha value is -3.41. The van der Waals surface area contributed by atoms with Crippen LogP contribution in [0.3, 0.4) is 0 Å². The first kappa shape index (κ1) is 19.4. The number of carbonyl (C=O) groups is 1. The fourth-order valence-electron chi connectivity index (χ4n) is 2.69. The van der Waals surface area contributed by atoms with Crippen molar-refractivity contribution in [3.05, 3.63) is 71.7 Å². The van der Waals surface area contributed by atoms with Crippen molar-refractivity contribution < 1.29 is 9.53 Å². The Labute approximate surface area is 165 Å². The van der Waals surface area contributed by atoms with Gasteiger partial charge in [0.15, 0.2) is 0 Å². The zero-order valence-corrected chi connectivity index (χ0v) is 16.5. The van der Waals surface area contributed by atoms with Gasteiger partial charge in [0.05, 0.1) is 18.5 Å². The van der Waals surface area contributed by atoms with E-state index in [-0.39, 0.29) is 17.7 Å². The van der Waals surface area contributed by atoms with Gasteiger partial charge >= 0.3 is 0 Å². The highest BCUT2D eigenvalue weighted by molar-refractivity contribution is 6.02. The van der Waals surface area contributed by atoms with E-state index in [1.54, 1.807) is 18.3 Å². The second kappa shape index (κ2) is 8.52. The number of carbonyl (C=O) groups excluding carboxylic acids is 1. The molecule has 28 heavy (non-hydrogen) atoms. The minimum absolute atomic E-state index is 0.103. The predicted octanol–water partition coefficient (Wildman–Crippen LogP) is 4.88. The minimum atomic E-state index is -0.317. The maximum absolute atomic E-state index is 12.4. The number of hydrogen-bond donors (Lipinski definition) is 2. The van der Waals surface area contributed by atoms with E-state index in [0.717, 1.165) is 17.0 Å². The van der Waals surface area contributed by atoms with Crippen LogP contribution in [0.15, 0.2) is 54.9 Å². The molecule has 0 aliphatic carbocycles. The van der Waals surface area contributed by atoms with Crippen molar-refractivity contribution in [2.75, 3.05) is 10.6 Å². The van der Waals surface area contributed by atoms with Gasteiger partial charge in [0.25, 0.3) is 5.91 Å². The molecule has 1 heterocycles. The molecule has 144 valence electrons. The highest BCUT2D eigenvalue weighted by Gasteiger charge is 2.09. The van der Waals surface area contributed by atoms with Crippen LogP contribution < -0.4 is 15.4 Å². The van der Waals surface area contributed by atoms with Crippen molar-refractivity contribution in [3.8, 4) is 5.75 Å². The number of hydrogen-bond acceptors (Lipinski definition) is 5. The second-order valence-electron chi connectivity index (χ2n) is 6.88. The van der Waals surface area contributed by atoms with Crippen LogP contribution in [0.25, 0.3) is 0 Å². The Morgan fingerprint density at radius 1 is 1.00 bits per heavy atom. The van der Waals surface area contributed by atoms with Gasteiger partial charge in [-0.1, -0.05) is 17.7 Å². The fraction of sp³-hybridized carbons (Fsp3) is 0.227.